The van der Waals surface area contributed by atoms with Crippen molar-refractivity contribution >= 4 is 27.7 Å². The fourth-order valence-electron chi connectivity index (χ4n) is 3.55. The van der Waals surface area contributed by atoms with Crippen LogP contribution in [0, 0.1) is 0 Å². The Morgan fingerprint density at radius 3 is 2.71 bits per heavy atom. The third-order valence-electron chi connectivity index (χ3n) is 4.30. The highest BCUT2D eigenvalue weighted by atomic mass is 79.9. The quantitative estimate of drug-likeness (QED) is 0.640. The van der Waals surface area contributed by atoms with Gasteiger partial charge in [0.05, 0.1) is 5.69 Å². The van der Waals surface area contributed by atoms with Crippen molar-refractivity contribution in [2.75, 3.05) is 4.90 Å². The van der Waals surface area contributed by atoms with Gasteiger partial charge in [0, 0.05) is 16.4 Å². The Morgan fingerprint density at radius 2 is 2.00 bits per heavy atom. The van der Waals surface area contributed by atoms with Crippen LogP contribution in [0.2, 0.25) is 0 Å². The molecule has 21 heavy (non-hydrogen) atoms. The van der Waals surface area contributed by atoms with E-state index in [1.807, 2.05) is 37.8 Å². The average molecular weight is 352 g/mol. The Morgan fingerprint density at radius 1 is 1.29 bits per heavy atom. The summed E-state index contributed by atoms with van der Waals surface area (Å²) in [5.74, 6) is 0.457. The molecule has 0 saturated heterocycles. The SMILES string of the molecule is CC(C)(C)OC(=O)N1c2ccc(Br)cc2C2CCCCC21. The van der Waals surface area contributed by atoms with Crippen LogP contribution in [0.4, 0.5) is 10.5 Å². The summed E-state index contributed by atoms with van der Waals surface area (Å²) in [6.45, 7) is 5.76. The van der Waals surface area contributed by atoms with Gasteiger partial charge in [-0.15, -0.1) is 0 Å². The molecular formula is C17H22BrNO2. The molecule has 2 aliphatic rings. The van der Waals surface area contributed by atoms with Crippen LogP contribution in [-0.4, -0.2) is 17.7 Å². The van der Waals surface area contributed by atoms with E-state index < -0.39 is 5.60 Å². The molecule has 4 heteroatoms. The first kappa shape index (κ1) is 14.9. The van der Waals surface area contributed by atoms with Gasteiger partial charge in [0.2, 0.25) is 0 Å². The molecular weight excluding hydrogens is 330 g/mol. The monoisotopic (exact) mass is 351 g/mol. The van der Waals surface area contributed by atoms with Crippen LogP contribution in [0.25, 0.3) is 0 Å². The second-order valence-corrected chi connectivity index (χ2v) is 7.93. The molecule has 1 aliphatic heterocycles. The smallest absolute Gasteiger partial charge is 0.415 e. The Balaban J connectivity index is 1.98. The number of anilines is 1. The highest BCUT2D eigenvalue weighted by Crippen LogP contribution is 2.48. The number of fused-ring (bicyclic) bond motifs is 3. The van der Waals surface area contributed by atoms with E-state index in [-0.39, 0.29) is 12.1 Å². The lowest BCUT2D eigenvalue weighted by molar-refractivity contribution is 0.0560. The van der Waals surface area contributed by atoms with E-state index in [0.717, 1.165) is 23.0 Å². The van der Waals surface area contributed by atoms with E-state index in [1.165, 1.54) is 18.4 Å². The van der Waals surface area contributed by atoms with Crippen molar-refractivity contribution in [3.63, 3.8) is 0 Å². The minimum atomic E-state index is -0.459. The van der Waals surface area contributed by atoms with Crippen LogP contribution in [-0.2, 0) is 4.74 Å². The van der Waals surface area contributed by atoms with Crippen molar-refractivity contribution in [1.82, 2.24) is 0 Å². The highest BCUT2D eigenvalue weighted by Gasteiger charge is 2.44. The number of benzene rings is 1. The molecule has 3 nitrogen and oxygen atoms in total. The van der Waals surface area contributed by atoms with Gasteiger partial charge in [-0.3, -0.25) is 4.90 Å². The molecule has 1 fully saturated rings. The van der Waals surface area contributed by atoms with E-state index in [1.54, 1.807) is 0 Å². The third-order valence-corrected chi connectivity index (χ3v) is 4.79. The summed E-state index contributed by atoms with van der Waals surface area (Å²) < 4.78 is 6.71. The van der Waals surface area contributed by atoms with Crippen molar-refractivity contribution in [3.05, 3.63) is 28.2 Å². The molecule has 3 rings (SSSR count). The number of amides is 1. The van der Waals surface area contributed by atoms with Gasteiger partial charge >= 0.3 is 6.09 Å². The summed E-state index contributed by atoms with van der Waals surface area (Å²) >= 11 is 3.55. The maximum Gasteiger partial charge on any atom is 0.415 e. The zero-order chi connectivity index (χ0) is 15.2. The van der Waals surface area contributed by atoms with E-state index in [2.05, 4.69) is 22.0 Å². The highest BCUT2D eigenvalue weighted by molar-refractivity contribution is 9.10. The topological polar surface area (TPSA) is 29.5 Å². The molecule has 1 heterocycles. The lowest BCUT2D eigenvalue weighted by Crippen LogP contribution is -2.43. The molecule has 2 unspecified atom stereocenters. The van der Waals surface area contributed by atoms with Crippen LogP contribution in [0.15, 0.2) is 22.7 Å². The van der Waals surface area contributed by atoms with Gasteiger partial charge in [0.15, 0.2) is 0 Å². The number of carbonyl (C=O) groups is 1. The Kier molecular flexibility index (Phi) is 3.76. The van der Waals surface area contributed by atoms with E-state index in [0.29, 0.717) is 5.92 Å². The van der Waals surface area contributed by atoms with Crippen molar-refractivity contribution in [1.29, 1.82) is 0 Å². The minimum absolute atomic E-state index is 0.208. The second kappa shape index (κ2) is 5.31. The molecule has 114 valence electrons. The molecule has 0 bridgehead atoms. The number of ether oxygens (including phenoxy) is 1. The van der Waals surface area contributed by atoms with Crippen LogP contribution >= 0.6 is 15.9 Å². The molecule has 1 amide bonds. The van der Waals surface area contributed by atoms with Gasteiger partial charge in [0.1, 0.15) is 5.60 Å². The van der Waals surface area contributed by atoms with Gasteiger partial charge in [-0.1, -0.05) is 28.8 Å². The van der Waals surface area contributed by atoms with Gasteiger partial charge in [-0.05, 0) is 57.4 Å². The maximum atomic E-state index is 12.7. The Bertz CT molecular complexity index is 564. The second-order valence-electron chi connectivity index (χ2n) is 7.01. The maximum absolute atomic E-state index is 12.7. The molecule has 1 aromatic carbocycles. The van der Waals surface area contributed by atoms with Gasteiger partial charge in [-0.25, -0.2) is 4.79 Å². The molecule has 0 radical (unpaired) electrons. The van der Waals surface area contributed by atoms with Crippen LogP contribution in [0.1, 0.15) is 57.9 Å². The predicted molar refractivity (Wildman–Crippen MR) is 87.9 cm³/mol. The Labute approximate surface area is 134 Å². The summed E-state index contributed by atoms with van der Waals surface area (Å²) in [5.41, 5.74) is 1.86. The van der Waals surface area contributed by atoms with Crippen LogP contribution < -0.4 is 4.90 Å². The third kappa shape index (κ3) is 2.83. The van der Waals surface area contributed by atoms with Crippen LogP contribution in [0.3, 0.4) is 0 Å². The van der Waals surface area contributed by atoms with Gasteiger partial charge in [-0.2, -0.15) is 0 Å². The summed E-state index contributed by atoms with van der Waals surface area (Å²) in [6.07, 6.45) is 4.45. The largest absolute Gasteiger partial charge is 0.443 e. The first-order valence-electron chi connectivity index (χ1n) is 7.68. The standard InChI is InChI=1S/C17H22BrNO2/c1-17(2,3)21-16(20)19-14-7-5-4-6-12(14)13-10-11(18)8-9-15(13)19/h8-10,12,14H,4-7H2,1-3H3. The molecule has 0 spiro atoms. The Hall–Kier alpha value is -1.03. The lowest BCUT2D eigenvalue weighted by atomic mass is 9.82. The van der Waals surface area contributed by atoms with E-state index in [9.17, 15) is 4.79 Å². The van der Waals surface area contributed by atoms with Gasteiger partial charge in [0.25, 0.3) is 0 Å². The molecule has 0 N–H and O–H groups in total. The predicted octanol–water partition coefficient (Wildman–Crippen LogP) is 5.23. The average Bonchev–Trinajstić information content (AvgIpc) is 2.71. The minimum Gasteiger partial charge on any atom is -0.443 e. The summed E-state index contributed by atoms with van der Waals surface area (Å²) in [7, 11) is 0. The zero-order valence-electron chi connectivity index (χ0n) is 12.9. The molecule has 1 aliphatic carbocycles. The van der Waals surface area contributed by atoms with Crippen molar-refractivity contribution in [2.45, 2.75) is 64.0 Å². The summed E-state index contributed by atoms with van der Waals surface area (Å²) in [5, 5.41) is 0. The fourth-order valence-corrected chi connectivity index (χ4v) is 3.93. The van der Waals surface area contributed by atoms with Crippen molar-refractivity contribution in [3.8, 4) is 0 Å². The lowest BCUT2D eigenvalue weighted by Gasteiger charge is -2.33. The number of hydrogen-bond acceptors (Lipinski definition) is 2. The number of rotatable bonds is 0. The number of halogens is 1. The molecule has 2 atom stereocenters. The summed E-state index contributed by atoms with van der Waals surface area (Å²) in [6, 6.07) is 6.48. The first-order valence-corrected chi connectivity index (χ1v) is 8.48. The molecule has 1 saturated carbocycles. The van der Waals surface area contributed by atoms with E-state index in [4.69, 9.17) is 4.74 Å². The van der Waals surface area contributed by atoms with Crippen molar-refractivity contribution in [2.24, 2.45) is 0 Å². The summed E-state index contributed by atoms with van der Waals surface area (Å²) in [4.78, 5) is 14.6. The van der Waals surface area contributed by atoms with Gasteiger partial charge < -0.3 is 4.74 Å². The first-order chi connectivity index (χ1) is 9.87. The number of hydrogen-bond donors (Lipinski definition) is 0. The van der Waals surface area contributed by atoms with Crippen LogP contribution in [0.5, 0.6) is 0 Å². The molecule has 0 aromatic heterocycles. The fraction of sp³-hybridized carbons (Fsp3) is 0.588. The zero-order valence-corrected chi connectivity index (χ0v) is 14.4. The number of carbonyl (C=O) groups excluding carboxylic acids is 1. The molecule has 1 aromatic rings. The van der Waals surface area contributed by atoms with E-state index >= 15 is 0 Å². The van der Waals surface area contributed by atoms with Crippen molar-refractivity contribution < 1.29 is 9.53 Å². The normalized spacial score (nSPS) is 24.5. The number of nitrogens with zero attached hydrogens (tertiary/aromatic N) is 1.